The van der Waals surface area contributed by atoms with E-state index in [2.05, 4.69) is 15.0 Å². The van der Waals surface area contributed by atoms with Crippen molar-refractivity contribution in [3.05, 3.63) is 71.8 Å². The van der Waals surface area contributed by atoms with Crippen molar-refractivity contribution < 1.29 is 9.53 Å². The molecule has 4 heterocycles. The molecule has 1 atom stereocenters. The smallest absolute Gasteiger partial charge is 0.246 e. The minimum absolute atomic E-state index is 0.000415. The molecule has 11 heteroatoms. The Morgan fingerprint density at radius 2 is 2.10 bits per heavy atom. The molecule has 0 aliphatic carbocycles. The lowest BCUT2D eigenvalue weighted by Gasteiger charge is -2.32. The van der Waals surface area contributed by atoms with Gasteiger partial charge >= 0.3 is 0 Å². The molecule has 202 valence electrons. The van der Waals surface area contributed by atoms with Crippen molar-refractivity contribution in [1.29, 1.82) is 0 Å². The van der Waals surface area contributed by atoms with E-state index < -0.39 is 0 Å². The zero-order valence-corrected chi connectivity index (χ0v) is 22.8. The fraction of sp³-hybridized carbons (Fsp3) is 0.321. The zero-order chi connectivity index (χ0) is 27.4. The highest BCUT2D eigenvalue weighted by atomic mass is 35.5. The lowest BCUT2D eigenvalue weighted by Crippen LogP contribution is -2.40. The van der Waals surface area contributed by atoms with Crippen molar-refractivity contribution in [1.82, 2.24) is 34.5 Å². The van der Waals surface area contributed by atoms with Gasteiger partial charge < -0.3 is 20.3 Å². The Labute approximate surface area is 232 Å². The number of carbonyl (C=O) groups is 1. The van der Waals surface area contributed by atoms with Crippen LogP contribution in [-0.4, -0.2) is 74.2 Å². The normalized spacial score (nSPS) is 15.9. The van der Waals surface area contributed by atoms with Crippen LogP contribution in [0.5, 0.6) is 5.75 Å². The third-order valence-corrected chi connectivity index (χ3v) is 6.91. The molecule has 0 radical (unpaired) electrons. The summed E-state index contributed by atoms with van der Waals surface area (Å²) >= 11 is 6.61. The third kappa shape index (κ3) is 6.02. The first-order chi connectivity index (χ1) is 18.9. The molecule has 1 aliphatic heterocycles. The molecule has 1 aliphatic rings. The van der Waals surface area contributed by atoms with Gasteiger partial charge in [-0.05, 0) is 57.3 Å². The Hall–Kier alpha value is -4.02. The van der Waals surface area contributed by atoms with E-state index in [1.165, 1.54) is 6.33 Å². The van der Waals surface area contributed by atoms with Gasteiger partial charge in [-0.3, -0.25) is 9.78 Å². The van der Waals surface area contributed by atoms with Gasteiger partial charge in [-0.15, -0.1) is 0 Å². The van der Waals surface area contributed by atoms with Crippen LogP contribution in [0.2, 0.25) is 5.02 Å². The fourth-order valence-corrected chi connectivity index (χ4v) is 4.91. The van der Waals surface area contributed by atoms with Gasteiger partial charge in [0.15, 0.2) is 5.65 Å². The van der Waals surface area contributed by atoms with Crippen LogP contribution < -0.4 is 10.5 Å². The molecule has 1 saturated heterocycles. The van der Waals surface area contributed by atoms with Gasteiger partial charge in [-0.2, -0.15) is 5.10 Å². The summed E-state index contributed by atoms with van der Waals surface area (Å²) in [5.74, 6) is 0.881. The summed E-state index contributed by atoms with van der Waals surface area (Å²) in [6.07, 6.45) is 8.43. The Morgan fingerprint density at radius 1 is 1.23 bits per heavy atom. The van der Waals surface area contributed by atoms with Gasteiger partial charge in [-0.1, -0.05) is 23.7 Å². The summed E-state index contributed by atoms with van der Waals surface area (Å²) in [5, 5.41) is 6.05. The van der Waals surface area contributed by atoms with Crippen LogP contribution in [0.15, 0.2) is 61.1 Å². The monoisotopic (exact) mass is 546 g/mol. The third-order valence-electron chi connectivity index (χ3n) is 6.61. The fourth-order valence-electron chi connectivity index (χ4n) is 4.68. The molecule has 2 N–H and O–H groups in total. The second kappa shape index (κ2) is 11.8. The first-order valence-electron chi connectivity index (χ1n) is 12.8. The predicted molar refractivity (Wildman–Crippen MR) is 151 cm³/mol. The Morgan fingerprint density at radius 3 is 2.87 bits per heavy atom. The number of hydrogen-bond donors (Lipinski definition) is 1. The van der Waals surface area contributed by atoms with Gasteiger partial charge in [0.25, 0.3) is 0 Å². The lowest BCUT2D eigenvalue weighted by atomic mass is 10.1. The maximum Gasteiger partial charge on any atom is 0.246 e. The molecule has 1 fully saturated rings. The number of fused-ring (bicyclic) bond motifs is 1. The van der Waals surface area contributed by atoms with Crippen LogP contribution >= 0.6 is 11.6 Å². The second-order valence-corrected chi connectivity index (χ2v) is 10.2. The molecule has 3 aromatic heterocycles. The van der Waals surface area contributed by atoms with E-state index in [-0.39, 0.29) is 11.9 Å². The largest absolute Gasteiger partial charge is 0.486 e. The molecule has 10 nitrogen and oxygen atoms in total. The molecule has 4 aromatic rings. The van der Waals surface area contributed by atoms with Crippen LogP contribution in [0, 0.1) is 0 Å². The van der Waals surface area contributed by atoms with Gasteiger partial charge in [0.2, 0.25) is 5.91 Å². The number of amides is 1. The maximum absolute atomic E-state index is 12.8. The number of nitrogen functional groups attached to an aromatic ring is 1. The second-order valence-electron chi connectivity index (χ2n) is 9.75. The SMILES string of the molecule is CN(C)C/C=C/C(=O)N1CCC[C@@H](n2nc(-c3ccc(OCc4ccccn4)c(Cl)c3)c3c(N)ncnc32)C1. The van der Waals surface area contributed by atoms with Crippen LogP contribution in [0.1, 0.15) is 24.6 Å². The summed E-state index contributed by atoms with van der Waals surface area (Å²) in [4.78, 5) is 29.7. The minimum atomic E-state index is -0.0491. The number of benzene rings is 1. The first kappa shape index (κ1) is 26.6. The van der Waals surface area contributed by atoms with Crippen LogP contribution in [0.25, 0.3) is 22.3 Å². The Bertz CT molecular complexity index is 1490. The van der Waals surface area contributed by atoms with Crippen LogP contribution in [0.4, 0.5) is 5.82 Å². The van der Waals surface area contributed by atoms with Gasteiger partial charge in [0.05, 0.1) is 22.1 Å². The number of aromatic nitrogens is 5. The number of nitrogens with zero attached hydrogens (tertiary/aromatic N) is 7. The molecule has 0 bridgehead atoms. The zero-order valence-electron chi connectivity index (χ0n) is 22.0. The van der Waals surface area contributed by atoms with Crippen LogP contribution in [0.3, 0.4) is 0 Å². The van der Waals surface area contributed by atoms with Crippen molar-refractivity contribution in [3.63, 3.8) is 0 Å². The number of nitrogens with two attached hydrogens (primary N) is 1. The van der Waals surface area contributed by atoms with Gasteiger partial charge in [0.1, 0.15) is 30.2 Å². The highest BCUT2D eigenvalue weighted by Gasteiger charge is 2.28. The number of pyridine rings is 1. The number of carbonyl (C=O) groups excluding carboxylic acids is 1. The number of piperidine rings is 1. The molecule has 39 heavy (non-hydrogen) atoms. The van der Waals surface area contributed by atoms with E-state index in [9.17, 15) is 4.79 Å². The maximum atomic E-state index is 12.8. The van der Waals surface area contributed by atoms with E-state index >= 15 is 0 Å². The van der Waals surface area contributed by atoms with E-state index in [1.807, 2.05) is 65.0 Å². The quantitative estimate of drug-likeness (QED) is 0.330. The number of likely N-dealkylation sites (N-methyl/N-ethyl adjacent to an activating group) is 1. The summed E-state index contributed by atoms with van der Waals surface area (Å²) in [6.45, 7) is 2.26. The van der Waals surface area contributed by atoms with Gasteiger partial charge in [0, 0.05) is 37.5 Å². The van der Waals surface area contributed by atoms with Crippen molar-refractivity contribution in [2.24, 2.45) is 0 Å². The summed E-state index contributed by atoms with van der Waals surface area (Å²) in [7, 11) is 3.94. The number of halogens is 1. The molecular formula is C28H31ClN8O2. The van der Waals surface area contributed by atoms with Crippen LogP contribution in [-0.2, 0) is 11.4 Å². The Balaban J connectivity index is 1.41. The standard InChI is InChI=1S/C28H31ClN8O2/c1-35(2)13-6-9-24(38)36-14-5-8-21(16-36)37-28-25(27(30)32-18-33-28)26(34-37)19-10-11-23(22(29)15-19)39-17-20-7-3-4-12-31-20/h3-4,6-7,9-12,15,18,21H,5,8,13-14,16-17H2,1-2H3,(H2,30,32,33)/b9-6+/t21-/m1/s1. The minimum Gasteiger partial charge on any atom is -0.486 e. The van der Waals surface area contributed by atoms with Crippen molar-refractivity contribution >= 4 is 34.4 Å². The average Bonchev–Trinajstić information content (AvgIpc) is 3.34. The molecule has 1 aromatic carbocycles. The van der Waals surface area contributed by atoms with Crippen molar-refractivity contribution in [2.75, 3.05) is 39.5 Å². The Kier molecular flexibility index (Phi) is 8.04. The average molecular weight is 547 g/mol. The van der Waals surface area contributed by atoms with E-state index in [0.29, 0.717) is 59.6 Å². The number of likely N-dealkylation sites (tertiary alicyclic amines) is 1. The van der Waals surface area contributed by atoms with E-state index in [4.69, 9.17) is 27.2 Å². The van der Waals surface area contributed by atoms with Crippen molar-refractivity contribution in [3.8, 4) is 17.0 Å². The summed E-state index contributed by atoms with van der Waals surface area (Å²) in [5.41, 5.74) is 9.17. The molecule has 0 spiro atoms. The van der Waals surface area contributed by atoms with Gasteiger partial charge in [-0.25, -0.2) is 14.6 Å². The molecule has 0 saturated carbocycles. The lowest BCUT2D eigenvalue weighted by molar-refractivity contribution is -0.127. The molecule has 5 rings (SSSR count). The van der Waals surface area contributed by atoms with E-state index in [0.717, 1.165) is 24.1 Å². The van der Waals surface area contributed by atoms with E-state index in [1.54, 1.807) is 18.3 Å². The highest BCUT2D eigenvalue weighted by Crippen LogP contribution is 2.37. The predicted octanol–water partition coefficient (Wildman–Crippen LogP) is 3.98. The molecule has 1 amide bonds. The summed E-state index contributed by atoms with van der Waals surface area (Å²) < 4.78 is 7.77. The topological polar surface area (TPSA) is 115 Å². The molecular weight excluding hydrogens is 516 g/mol. The molecule has 0 unspecified atom stereocenters. The summed E-state index contributed by atoms with van der Waals surface area (Å²) in [6, 6.07) is 11.1. The number of rotatable bonds is 8. The number of ether oxygens (including phenoxy) is 1. The first-order valence-corrected chi connectivity index (χ1v) is 13.2. The number of hydrogen-bond acceptors (Lipinski definition) is 8. The number of anilines is 1. The van der Waals surface area contributed by atoms with Crippen molar-refractivity contribution in [2.45, 2.75) is 25.5 Å². The highest BCUT2D eigenvalue weighted by molar-refractivity contribution is 6.32.